The second-order valence-corrected chi connectivity index (χ2v) is 6.29. The summed E-state index contributed by atoms with van der Waals surface area (Å²) >= 11 is 0. The molecule has 0 fully saturated rings. The number of fused-ring (bicyclic) bond motifs is 5. The molecule has 0 saturated carbocycles. The molecule has 0 saturated heterocycles. The van der Waals surface area contributed by atoms with Crippen LogP contribution in [0.1, 0.15) is 16.8 Å². The van der Waals surface area contributed by atoms with Crippen molar-refractivity contribution in [3.05, 3.63) is 41.3 Å². The summed E-state index contributed by atoms with van der Waals surface area (Å²) in [6, 6.07) is 3.66. The molecule has 0 radical (unpaired) electrons. The number of H-pyrrole nitrogens is 2. The van der Waals surface area contributed by atoms with E-state index in [0.29, 0.717) is 24.2 Å². The van der Waals surface area contributed by atoms with E-state index in [2.05, 4.69) is 30.7 Å². The molecule has 1 aromatic carbocycles. The van der Waals surface area contributed by atoms with Crippen molar-refractivity contribution in [3.63, 3.8) is 0 Å². The maximum absolute atomic E-state index is 13.4. The van der Waals surface area contributed by atoms with E-state index in [-0.39, 0.29) is 5.56 Å². The minimum absolute atomic E-state index is 0.0216. The predicted octanol–water partition coefficient (Wildman–Crippen LogP) is 3.17. The molecule has 5 rings (SSSR count). The number of alkyl halides is 3. The summed E-state index contributed by atoms with van der Waals surface area (Å²) < 4.78 is 40.1. The van der Waals surface area contributed by atoms with E-state index in [0.717, 1.165) is 34.0 Å². The standard InChI is InChI=1S/C17H13F3N6/c18-17(19,20)16-11(7-23-26-16)15-9-5-21-4-3-8(9)14-10-6-22-25-12(10)1-2-13(14)24-15/h1-2,6-7,21H,3-5H2,(H,22,25)(H,23,26). The van der Waals surface area contributed by atoms with Crippen molar-refractivity contribution in [1.82, 2.24) is 30.7 Å². The number of halogens is 3. The van der Waals surface area contributed by atoms with E-state index >= 15 is 0 Å². The van der Waals surface area contributed by atoms with Gasteiger partial charge in [0.15, 0.2) is 0 Å². The zero-order chi connectivity index (χ0) is 17.9. The fourth-order valence-electron chi connectivity index (χ4n) is 3.70. The monoisotopic (exact) mass is 358 g/mol. The highest BCUT2D eigenvalue weighted by Gasteiger charge is 2.37. The Hall–Kier alpha value is -2.94. The maximum atomic E-state index is 13.4. The third-order valence-corrected chi connectivity index (χ3v) is 4.82. The Morgan fingerprint density at radius 1 is 1.00 bits per heavy atom. The molecule has 3 aromatic heterocycles. The van der Waals surface area contributed by atoms with Gasteiger partial charge in [-0.1, -0.05) is 0 Å². The summed E-state index contributed by atoms with van der Waals surface area (Å²) in [4.78, 5) is 4.59. The van der Waals surface area contributed by atoms with Gasteiger partial charge in [0.25, 0.3) is 0 Å². The average molecular weight is 358 g/mol. The first-order chi connectivity index (χ1) is 12.5. The van der Waals surface area contributed by atoms with Gasteiger partial charge < -0.3 is 5.32 Å². The lowest BCUT2D eigenvalue weighted by atomic mass is 9.91. The molecule has 132 valence electrons. The first-order valence-electron chi connectivity index (χ1n) is 8.13. The van der Waals surface area contributed by atoms with Crippen LogP contribution in [0.2, 0.25) is 0 Å². The van der Waals surface area contributed by atoms with Gasteiger partial charge >= 0.3 is 6.18 Å². The van der Waals surface area contributed by atoms with Gasteiger partial charge in [-0.3, -0.25) is 10.2 Å². The Labute approximate surface area is 144 Å². The van der Waals surface area contributed by atoms with Crippen LogP contribution in [0.5, 0.6) is 0 Å². The lowest BCUT2D eigenvalue weighted by Crippen LogP contribution is -2.25. The average Bonchev–Trinajstić information content (AvgIpc) is 3.29. The molecule has 3 N–H and O–H groups in total. The number of aromatic amines is 2. The smallest absolute Gasteiger partial charge is 0.312 e. The van der Waals surface area contributed by atoms with Gasteiger partial charge in [-0.25, -0.2) is 4.98 Å². The molecule has 0 amide bonds. The van der Waals surface area contributed by atoms with Crippen LogP contribution in [0, 0.1) is 0 Å². The van der Waals surface area contributed by atoms with Crippen LogP contribution in [-0.2, 0) is 19.1 Å². The molecular formula is C17H13F3N6. The molecule has 0 atom stereocenters. The Bertz CT molecular complexity index is 1140. The van der Waals surface area contributed by atoms with Crippen LogP contribution >= 0.6 is 0 Å². The van der Waals surface area contributed by atoms with E-state index in [1.807, 2.05) is 12.1 Å². The fourth-order valence-corrected chi connectivity index (χ4v) is 3.70. The first-order valence-corrected chi connectivity index (χ1v) is 8.13. The number of nitrogens with zero attached hydrogens (tertiary/aromatic N) is 3. The predicted molar refractivity (Wildman–Crippen MR) is 89.4 cm³/mol. The first kappa shape index (κ1) is 15.3. The molecule has 4 aromatic rings. The number of rotatable bonds is 1. The molecule has 0 bridgehead atoms. The van der Waals surface area contributed by atoms with Crippen molar-refractivity contribution in [3.8, 4) is 11.3 Å². The Morgan fingerprint density at radius 3 is 2.69 bits per heavy atom. The lowest BCUT2D eigenvalue weighted by Gasteiger charge is -2.22. The SMILES string of the molecule is FC(F)(F)c1[nH]ncc1-c1nc2ccc3[nH]ncc3c2c2c1CNCC2. The minimum atomic E-state index is -4.52. The molecule has 0 spiro atoms. The van der Waals surface area contributed by atoms with Crippen LogP contribution in [0.4, 0.5) is 13.2 Å². The third-order valence-electron chi connectivity index (χ3n) is 4.82. The summed E-state index contributed by atoms with van der Waals surface area (Å²) in [5.41, 5.74) is 2.77. The Kier molecular flexibility index (Phi) is 3.11. The van der Waals surface area contributed by atoms with Crippen LogP contribution < -0.4 is 5.32 Å². The van der Waals surface area contributed by atoms with Crippen LogP contribution in [0.25, 0.3) is 33.1 Å². The van der Waals surface area contributed by atoms with Gasteiger partial charge in [-0.2, -0.15) is 23.4 Å². The van der Waals surface area contributed by atoms with Crippen molar-refractivity contribution in [2.45, 2.75) is 19.1 Å². The Balaban J connectivity index is 1.88. The third kappa shape index (κ3) is 2.13. The number of benzene rings is 1. The summed E-state index contributed by atoms with van der Waals surface area (Å²) in [5.74, 6) is 0. The summed E-state index contributed by atoms with van der Waals surface area (Å²) in [5, 5.41) is 17.8. The van der Waals surface area contributed by atoms with Crippen molar-refractivity contribution >= 4 is 21.8 Å². The Morgan fingerprint density at radius 2 is 1.85 bits per heavy atom. The lowest BCUT2D eigenvalue weighted by molar-refractivity contribution is -0.140. The number of hydrogen-bond donors (Lipinski definition) is 3. The van der Waals surface area contributed by atoms with E-state index < -0.39 is 11.9 Å². The van der Waals surface area contributed by atoms with Crippen LogP contribution in [0.3, 0.4) is 0 Å². The van der Waals surface area contributed by atoms with E-state index in [4.69, 9.17) is 0 Å². The van der Waals surface area contributed by atoms with Crippen LogP contribution in [-0.4, -0.2) is 31.9 Å². The summed E-state index contributed by atoms with van der Waals surface area (Å²) in [6.07, 6.45) is -0.876. The fraction of sp³-hybridized carbons (Fsp3) is 0.235. The number of hydrogen-bond acceptors (Lipinski definition) is 4. The molecule has 26 heavy (non-hydrogen) atoms. The van der Waals surface area contributed by atoms with Crippen molar-refractivity contribution in [1.29, 1.82) is 0 Å². The van der Waals surface area contributed by atoms with E-state index in [1.165, 1.54) is 6.20 Å². The topological polar surface area (TPSA) is 82.3 Å². The molecule has 6 nitrogen and oxygen atoms in total. The molecule has 9 heteroatoms. The molecule has 0 unspecified atom stereocenters. The van der Waals surface area contributed by atoms with E-state index in [1.54, 1.807) is 6.20 Å². The quantitative estimate of drug-likeness (QED) is 0.488. The highest BCUT2D eigenvalue weighted by molar-refractivity contribution is 6.07. The van der Waals surface area contributed by atoms with Gasteiger partial charge in [-0.05, 0) is 36.2 Å². The van der Waals surface area contributed by atoms with Gasteiger partial charge in [-0.15, -0.1) is 0 Å². The summed E-state index contributed by atoms with van der Waals surface area (Å²) in [7, 11) is 0. The largest absolute Gasteiger partial charge is 0.433 e. The normalized spacial score (nSPS) is 14.9. The van der Waals surface area contributed by atoms with Crippen molar-refractivity contribution < 1.29 is 13.2 Å². The molecule has 1 aliphatic rings. The van der Waals surface area contributed by atoms with Crippen molar-refractivity contribution in [2.75, 3.05) is 6.54 Å². The second kappa shape index (κ2) is 5.28. The number of pyridine rings is 1. The zero-order valence-electron chi connectivity index (χ0n) is 13.4. The number of nitrogens with one attached hydrogen (secondary N) is 3. The maximum Gasteiger partial charge on any atom is 0.433 e. The molecule has 4 heterocycles. The molecular weight excluding hydrogens is 345 g/mol. The van der Waals surface area contributed by atoms with Gasteiger partial charge in [0.05, 0.1) is 34.7 Å². The summed E-state index contributed by atoms with van der Waals surface area (Å²) in [6.45, 7) is 1.22. The minimum Gasteiger partial charge on any atom is -0.312 e. The molecule has 1 aliphatic heterocycles. The number of aromatic nitrogens is 5. The van der Waals surface area contributed by atoms with Gasteiger partial charge in [0.1, 0.15) is 5.69 Å². The highest BCUT2D eigenvalue weighted by Crippen LogP contribution is 2.39. The van der Waals surface area contributed by atoms with Crippen molar-refractivity contribution in [2.24, 2.45) is 0 Å². The van der Waals surface area contributed by atoms with Gasteiger partial charge in [0, 0.05) is 17.3 Å². The highest BCUT2D eigenvalue weighted by atomic mass is 19.4. The second-order valence-electron chi connectivity index (χ2n) is 6.29. The zero-order valence-corrected chi connectivity index (χ0v) is 13.4. The van der Waals surface area contributed by atoms with Gasteiger partial charge in [0.2, 0.25) is 0 Å². The van der Waals surface area contributed by atoms with E-state index in [9.17, 15) is 13.2 Å². The van der Waals surface area contributed by atoms with Crippen LogP contribution in [0.15, 0.2) is 24.5 Å². The molecule has 0 aliphatic carbocycles.